The molecule has 1 fully saturated rings. The van der Waals surface area contributed by atoms with Crippen LogP contribution in [0.1, 0.15) is 18.1 Å². The number of carbonyl (C=O) groups is 2. The van der Waals surface area contributed by atoms with Crippen LogP contribution in [-0.4, -0.2) is 16.8 Å². The lowest BCUT2D eigenvalue weighted by molar-refractivity contribution is -0.131. The normalized spacial score (nSPS) is 20.4. The van der Waals surface area contributed by atoms with Gasteiger partial charge in [0.15, 0.2) is 0 Å². The maximum atomic E-state index is 14.0. The first-order chi connectivity index (χ1) is 11.3. The molecular formula is C17H13BrClFN2O2. The Hall–Kier alpha value is -1.92. The van der Waals surface area contributed by atoms with Crippen LogP contribution in [0.4, 0.5) is 9.18 Å². The van der Waals surface area contributed by atoms with Crippen molar-refractivity contribution >= 4 is 39.5 Å². The minimum atomic E-state index is -1.23. The van der Waals surface area contributed by atoms with E-state index >= 15 is 0 Å². The van der Waals surface area contributed by atoms with Crippen molar-refractivity contribution in [2.24, 2.45) is 0 Å². The first kappa shape index (κ1) is 16.9. The van der Waals surface area contributed by atoms with Crippen LogP contribution in [0.25, 0.3) is 0 Å². The number of amides is 3. The van der Waals surface area contributed by atoms with E-state index < -0.39 is 23.3 Å². The highest BCUT2D eigenvalue weighted by atomic mass is 79.9. The molecule has 0 aliphatic carbocycles. The fourth-order valence-electron chi connectivity index (χ4n) is 2.73. The molecule has 0 spiro atoms. The summed E-state index contributed by atoms with van der Waals surface area (Å²) >= 11 is 9.40. The van der Waals surface area contributed by atoms with Gasteiger partial charge in [-0.25, -0.2) is 9.18 Å². The summed E-state index contributed by atoms with van der Waals surface area (Å²) in [6, 6.07) is 10.8. The maximum Gasteiger partial charge on any atom is 0.325 e. The van der Waals surface area contributed by atoms with E-state index in [-0.39, 0.29) is 17.1 Å². The summed E-state index contributed by atoms with van der Waals surface area (Å²) in [6.45, 7) is 1.40. The van der Waals surface area contributed by atoms with E-state index in [0.29, 0.717) is 10.0 Å². The molecule has 24 heavy (non-hydrogen) atoms. The molecule has 1 heterocycles. The molecule has 1 saturated heterocycles. The third-order valence-electron chi connectivity index (χ3n) is 4.07. The van der Waals surface area contributed by atoms with Crippen LogP contribution >= 0.6 is 27.5 Å². The zero-order chi connectivity index (χ0) is 17.5. The van der Waals surface area contributed by atoms with Gasteiger partial charge in [0.1, 0.15) is 11.4 Å². The average molecular weight is 412 g/mol. The first-order valence-corrected chi connectivity index (χ1v) is 8.33. The van der Waals surface area contributed by atoms with Gasteiger partial charge >= 0.3 is 6.03 Å². The monoisotopic (exact) mass is 410 g/mol. The molecular weight excluding hydrogens is 399 g/mol. The molecule has 0 radical (unpaired) electrons. The minimum absolute atomic E-state index is 0.110. The summed E-state index contributed by atoms with van der Waals surface area (Å²) in [5.41, 5.74) is -0.487. The van der Waals surface area contributed by atoms with Gasteiger partial charge in [0.05, 0.1) is 6.54 Å². The lowest BCUT2D eigenvalue weighted by Crippen LogP contribution is -2.41. The summed E-state index contributed by atoms with van der Waals surface area (Å²) in [4.78, 5) is 26.2. The Bertz CT molecular complexity index is 825. The molecule has 1 atom stereocenters. The fourth-order valence-corrected chi connectivity index (χ4v) is 3.64. The molecule has 124 valence electrons. The number of imide groups is 1. The molecule has 1 aliphatic rings. The van der Waals surface area contributed by atoms with E-state index in [1.165, 1.54) is 18.2 Å². The predicted octanol–water partition coefficient (Wildman–Crippen LogP) is 4.21. The van der Waals surface area contributed by atoms with Crippen LogP contribution in [0.2, 0.25) is 5.02 Å². The van der Waals surface area contributed by atoms with Gasteiger partial charge in [-0.15, -0.1) is 0 Å². The van der Waals surface area contributed by atoms with E-state index in [9.17, 15) is 14.0 Å². The van der Waals surface area contributed by atoms with Crippen LogP contribution in [-0.2, 0) is 16.9 Å². The highest BCUT2D eigenvalue weighted by molar-refractivity contribution is 9.10. The molecule has 3 amide bonds. The molecule has 2 aromatic rings. The van der Waals surface area contributed by atoms with Crippen LogP contribution in [0.3, 0.4) is 0 Å². The van der Waals surface area contributed by atoms with Crippen molar-refractivity contribution in [3.63, 3.8) is 0 Å². The van der Waals surface area contributed by atoms with Gasteiger partial charge in [-0.2, -0.15) is 0 Å². The van der Waals surface area contributed by atoms with Gasteiger partial charge in [0.25, 0.3) is 5.91 Å². The number of halogens is 3. The second-order valence-corrected chi connectivity index (χ2v) is 6.89. The van der Waals surface area contributed by atoms with E-state index in [2.05, 4.69) is 21.2 Å². The van der Waals surface area contributed by atoms with Crippen molar-refractivity contribution in [1.82, 2.24) is 10.2 Å². The second-order valence-electron chi connectivity index (χ2n) is 5.63. The largest absolute Gasteiger partial charge is 0.325 e. The van der Waals surface area contributed by atoms with E-state index in [1.54, 1.807) is 25.1 Å². The maximum absolute atomic E-state index is 14.0. The minimum Gasteiger partial charge on any atom is -0.319 e. The number of rotatable bonds is 3. The molecule has 4 nitrogen and oxygen atoms in total. The molecule has 2 aromatic carbocycles. The number of carbonyl (C=O) groups excluding carboxylic acids is 2. The predicted molar refractivity (Wildman–Crippen MR) is 92.0 cm³/mol. The highest BCUT2D eigenvalue weighted by Crippen LogP contribution is 2.34. The Labute approximate surface area is 151 Å². The van der Waals surface area contributed by atoms with Crippen LogP contribution < -0.4 is 5.32 Å². The molecule has 1 unspecified atom stereocenters. The summed E-state index contributed by atoms with van der Waals surface area (Å²) < 4.78 is 14.7. The third-order valence-corrected chi connectivity index (χ3v) is 5.11. The number of urea groups is 1. The van der Waals surface area contributed by atoms with Crippen molar-refractivity contribution < 1.29 is 14.0 Å². The Morgan fingerprint density at radius 1 is 1.21 bits per heavy atom. The third kappa shape index (κ3) is 2.70. The molecule has 0 bridgehead atoms. The van der Waals surface area contributed by atoms with Gasteiger partial charge < -0.3 is 5.32 Å². The van der Waals surface area contributed by atoms with Crippen LogP contribution in [0, 0.1) is 5.82 Å². The van der Waals surface area contributed by atoms with Gasteiger partial charge in [-0.3, -0.25) is 9.69 Å². The SMILES string of the molecule is CC1(c2ccccc2Br)NC(=O)N(Cc2c(F)cccc2Cl)C1=O. The lowest BCUT2D eigenvalue weighted by atomic mass is 9.92. The van der Waals surface area contributed by atoms with Crippen molar-refractivity contribution in [3.05, 3.63) is 68.9 Å². The number of nitrogens with one attached hydrogen (secondary N) is 1. The lowest BCUT2D eigenvalue weighted by Gasteiger charge is -2.23. The van der Waals surface area contributed by atoms with Crippen LogP contribution in [0.5, 0.6) is 0 Å². The van der Waals surface area contributed by atoms with Gasteiger partial charge in [0.2, 0.25) is 0 Å². The number of benzene rings is 2. The Morgan fingerprint density at radius 3 is 2.58 bits per heavy atom. The van der Waals surface area contributed by atoms with Crippen molar-refractivity contribution in [1.29, 1.82) is 0 Å². The fraction of sp³-hybridized carbons (Fsp3) is 0.176. The summed E-state index contributed by atoms with van der Waals surface area (Å²) in [5.74, 6) is -1.02. The Morgan fingerprint density at radius 2 is 1.92 bits per heavy atom. The summed E-state index contributed by atoms with van der Waals surface area (Å²) in [6.07, 6.45) is 0. The molecule has 0 saturated carbocycles. The number of hydrogen-bond acceptors (Lipinski definition) is 2. The van der Waals surface area contributed by atoms with Crippen molar-refractivity contribution in [2.75, 3.05) is 0 Å². The number of hydrogen-bond donors (Lipinski definition) is 1. The Balaban J connectivity index is 1.97. The highest BCUT2D eigenvalue weighted by Gasteiger charge is 2.49. The Kier molecular flexibility index (Phi) is 4.36. The number of nitrogens with zero attached hydrogens (tertiary/aromatic N) is 1. The molecule has 1 N–H and O–H groups in total. The average Bonchev–Trinajstić information content (AvgIpc) is 2.75. The van der Waals surface area contributed by atoms with E-state index in [1.807, 2.05) is 6.07 Å². The zero-order valence-electron chi connectivity index (χ0n) is 12.6. The molecule has 3 rings (SSSR count). The van der Waals surface area contributed by atoms with Crippen molar-refractivity contribution in [2.45, 2.75) is 19.0 Å². The van der Waals surface area contributed by atoms with Gasteiger partial charge in [-0.05, 0) is 25.1 Å². The molecule has 7 heteroatoms. The summed E-state index contributed by atoms with van der Waals surface area (Å²) in [5, 5.41) is 2.86. The van der Waals surface area contributed by atoms with Gasteiger partial charge in [-0.1, -0.05) is 51.8 Å². The standard InChI is InChI=1S/C17H13BrClFN2O2/c1-17(11-5-2-3-6-12(11)18)15(23)22(16(24)21-17)9-10-13(19)7-4-8-14(10)20/h2-8H,9H2,1H3,(H,21,24). The quantitative estimate of drug-likeness (QED) is 0.769. The van der Waals surface area contributed by atoms with Gasteiger partial charge in [0, 0.05) is 20.6 Å². The topological polar surface area (TPSA) is 49.4 Å². The van der Waals surface area contributed by atoms with Crippen molar-refractivity contribution in [3.8, 4) is 0 Å². The second kappa shape index (κ2) is 6.18. The summed E-state index contributed by atoms with van der Waals surface area (Å²) in [7, 11) is 0. The molecule has 0 aromatic heterocycles. The van der Waals surface area contributed by atoms with Crippen LogP contribution in [0.15, 0.2) is 46.9 Å². The first-order valence-electron chi connectivity index (χ1n) is 7.16. The molecule has 1 aliphatic heterocycles. The zero-order valence-corrected chi connectivity index (χ0v) is 15.0. The smallest absolute Gasteiger partial charge is 0.319 e. The van der Waals surface area contributed by atoms with E-state index in [0.717, 1.165) is 4.90 Å². The van der Waals surface area contributed by atoms with E-state index in [4.69, 9.17) is 11.6 Å².